The van der Waals surface area contributed by atoms with Crippen molar-refractivity contribution in [3.8, 4) is 11.5 Å². The molecule has 1 rings (SSSR count). The average molecular weight is 359 g/mol. The first kappa shape index (κ1) is 17.8. The number of carbonyl (C=O) groups is 1. The first-order valence-electron chi connectivity index (χ1n) is 6.84. The molecule has 0 heterocycles. The molecule has 1 atom stereocenters. The lowest BCUT2D eigenvalue weighted by molar-refractivity contribution is -0.123. The average Bonchev–Trinajstić information content (AvgIpc) is 2.46. The number of halogens is 1. The van der Waals surface area contributed by atoms with Crippen LogP contribution in [0.25, 0.3) is 0 Å². The summed E-state index contributed by atoms with van der Waals surface area (Å²) in [4.78, 5) is 11.8. The van der Waals surface area contributed by atoms with Crippen molar-refractivity contribution in [2.75, 3.05) is 20.8 Å². The number of methoxy groups -OCH3 is 2. The summed E-state index contributed by atoms with van der Waals surface area (Å²) in [6, 6.07) is 3.28. The topological polar surface area (TPSA) is 73.6 Å². The lowest BCUT2D eigenvalue weighted by Crippen LogP contribution is -2.44. The molecule has 0 aliphatic heterocycles. The number of rotatable bonds is 7. The Morgan fingerprint density at radius 3 is 2.43 bits per heavy atom. The molecule has 1 aromatic carbocycles. The highest BCUT2D eigenvalue weighted by atomic mass is 79.9. The fourth-order valence-corrected chi connectivity index (χ4v) is 2.34. The van der Waals surface area contributed by atoms with Gasteiger partial charge in [-0.3, -0.25) is 4.79 Å². The third-order valence-corrected chi connectivity index (χ3v) is 3.89. The third-order valence-electron chi connectivity index (χ3n) is 3.27. The fourth-order valence-electron chi connectivity index (χ4n) is 1.86. The van der Waals surface area contributed by atoms with Crippen molar-refractivity contribution < 1.29 is 14.3 Å². The van der Waals surface area contributed by atoms with Gasteiger partial charge in [-0.1, -0.05) is 13.8 Å². The van der Waals surface area contributed by atoms with E-state index in [4.69, 9.17) is 15.2 Å². The van der Waals surface area contributed by atoms with Crippen LogP contribution in [0.4, 0.5) is 0 Å². The van der Waals surface area contributed by atoms with Crippen LogP contribution in [0.2, 0.25) is 0 Å². The van der Waals surface area contributed by atoms with Crippen LogP contribution in [0.1, 0.15) is 19.4 Å². The zero-order chi connectivity index (χ0) is 16.0. The van der Waals surface area contributed by atoms with E-state index in [1.807, 2.05) is 26.0 Å². The molecule has 6 heteroatoms. The predicted octanol–water partition coefficient (Wildman–Crippen LogP) is 2.11. The summed E-state index contributed by atoms with van der Waals surface area (Å²) in [5, 5.41) is 2.84. The van der Waals surface area contributed by atoms with Crippen LogP contribution < -0.4 is 20.5 Å². The smallest absolute Gasteiger partial charge is 0.237 e. The van der Waals surface area contributed by atoms with Crippen LogP contribution in [0.15, 0.2) is 16.6 Å². The normalized spacial score (nSPS) is 12.1. The summed E-state index contributed by atoms with van der Waals surface area (Å²) in [5.74, 6) is 1.47. The Bertz CT molecular complexity index is 492. The zero-order valence-corrected chi connectivity index (χ0v) is 14.5. The summed E-state index contributed by atoms with van der Waals surface area (Å²) in [6.45, 7) is 4.35. The second-order valence-electron chi connectivity index (χ2n) is 5.11. The molecule has 21 heavy (non-hydrogen) atoms. The molecule has 1 aromatic rings. The summed E-state index contributed by atoms with van der Waals surface area (Å²) in [6.07, 6.45) is 0.642. The van der Waals surface area contributed by atoms with Gasteiger partial charge in [-0.15, -0.1) is 0 Å². The Morgan fingerprint density at radius 2 is 1.90 bits per heavy atom. The zero-order valence-electron chi connectivity index (χ0n) is 12.9. The molecule has 5 nitrogen and oxygen atoms in total. The molecule has 0 aliphatic rings. The fraction of sp³-hybridized carbons (Fsp3) is 0.533. The van der Waals surface area contributed by atoms with Gasteiger partial charge in [0.2, 0.25) is 5.91 Å². The second kappa shape index (κ2) is 8.24. The van der Waals surface area contributed by atoms with Gasteiger partial charge in [0.05, 0.1) is 24.7 Å². The summed E-state index contributed by atoms with van der Waals surface area (Å²) < 4.78 is 11.4. The van der Waals surface area contributed by atoms with E-state index in [0.717, 1.165) is 21.5 Å². The number of ether oxygens (including phenoxy) is 2. The van der Waals surface area contributed by atoms with Crippen molar-refractivity contribution in [1.82, 2.24) is 5.32 Å². The number of hydrogen-bond donors (Lipinski definition) is 2. The predicted molar refractivity (Wildman–Crippen MR) is 86.8 cm³/mol. The summed E-state index contributed by atoms with van der Waals surface area (Å²) in [7, 11) is 3.23. The molecule has 0 bridgehead atoms. The standard InChI is InChI=1S/C15H23BrN2O3/c1-9(2)14(17)15(19)18-6-5-10-7-13(21-4)11(16)8-12(10)20-3/h7-9,14H,5-6,17H2,1-4H3,(H,18,19)/t14-/m0/s1. The monoisotopic (exact) mass is 358 g/mol. The van der Waals surface area contributed by atoms with Crippen molar-refractivity contribution in [3.63, 3.8) is 0 Å². The van der Waals surface area contributed by atoms with Gasteiger partial charge in [0.25, 0.3) is 0 Å². The molecule has 0 unspecified atom stereocenters. The number of carbonyl (C=O) groups excluding carboxylic acids is 1. The maximum atomic E-state index is 11.8. The van der Waals surface area contributed by atoms with E-state index in [9.17, 15) is 4.79 Å². The lowest BCUT2D eigenvalue weighted by Gasteiger charge is -2.16. The molecule has 1 amide bonds. The van der Waals surface area contributed by atoms with E-state index in [1.54, 1.807) is 14.2 Å². The van der Waals surface area contributed by atoms with Crippen molar-refractivity contribution in [2.24, 2.45) is 11.7 Å². The molecule has 3 N–H and O–H groups in total. The van der Waals surface area contributed by atoms with E-state index >= 15 is 0 Å². The molecule has 0 aromatic heterocycles. The quantitative estimate of drug-likeness (QED) is 0.782. The highest BCUT2D eigenvalue weighted by Gasteiger charge is 2.17. The van der Waals surface area contributed by atoms with Gasteiger partial charge >= 0.3 is 0 Å². The maximum Gasteiger partial charge on any atom is 0.237 e. The van der Waals surface area contributed by atoms with Crippen LogP contribution in [-0.4, -0.2) is 32.7 Å². The van der Waals surface area contributed by atoms with Gasteiger partial charge in [0.15, 0.2) is 0 Å². The largest absolute Gasteiger partial charge is 0.496 e. The molecule has 118 valence electrons. The molecular weight excluding hydrogens is 336 g/mol. The second-order valence-corrected chi connectivity index (χ2v) is 5.96. The summed E-state index contributed by atoms with van der Waals surface area (Å²) in [5.41, 5.74) is 6.77. The highest BCUT2D eigenvalue weighted by molar-refractivity contribution is 9.10. The Balaban J connectivity index is 2.69. The number of amides is 1. The van der Waals surface area contributed by atoms with Crippen LogP contribution in [0, 0.1) is 5.92 Å². The lowest BCUT2D eigenvalue weighted by atomic mass is 10.0. The minimum atomic E-state index is -0.480. The van der Waals surface area contributed by atoms with E-state index in [1.165, 1.54) is 0 Å². The third kappa shape index (κ3) is 4.89. The molecule has 0 saturated heterocycles. The van der Waals surface area contributed by atoms with E-state index in [0.29, 0.717) is 13.0 Å². The van der Waals surface area contributed by atoms with E-state index in [2.05, 4.69) is 21.2 Å². The minimum Gasteiger partial charge on any atom is -0.496 e. The van der Waals surface area contributed by atoms with Crippen molar-refractivity contribution in [2.45, 2.75) is 26.3 Å². The van der Waals surface area contributed by atoms with Gasteiger partial charge in [-0.05, 0) is 46.0 Å². The van der Waals surface area contributed by atoms with Gasteiger partial charge in [0, 0.05) is 6.54 Å². The van der Waals surface area contributed by atoms with E-state index in [-0.39, 0.29) is 11.8 Å². The summed E-state index contributed by atoms with van der Waals surface area (Å²) >= 11 is 3.42. The maximum absolute atomic E-state index is 11.8. The van der Waals surface area contributed by atoms with Crippen LogP contribution in [0.3, 0.4) is 0 Å². The van der Waals surface area contributed by atoms with Crippen molar-refractivity contribution in [1.29, 1.82) is 0 Å². The Hall–Kier alpha value is -1.27. The number of benzene rings is 1. The van der Waals surface area contributed by atoms with Crippen LogP contribution >= 0.6 is 15.9 Å². The molecule has 0 fully saturated rings. The SMILES string of the molecule is COc1cc(CCNC(=O)[C@@H](N)C(C)C)c(OC)cc1Br. The number of nitrogens with two attached hydrogens (primary N) is 1. The van der Waals surface area contributed by atoms with Gasteiger partial charge in [-0.2, -0.15) is 0 Å². The van der Waals surface area contributed by atoms with Gasteiger partial charge < -0.3 is 20.5 Å². The van der Waals surface area contributed by atoms with Crippen LogP contribution in [0.5, 0.6) is 11.5 Å². The highest BCUT2D eigenvalue weighted by Crippen LogP contribution is 2.32. The Morgan fingerprint density at radius 1 is 1.29 bits per heavy atom. The molecule has 0 saturated carbocycles. The van der Waals surface area contributed by atoms with Crippen molar-refractivity contribution in [3.05, 3.63) is 22.2 Å². The Labute approximate surface area is 134 Å². The molecule has 0 aliphatic carbocycles. The van der Waals surface area contributed by atoms with Gasteiger partial charge in [-0.25, -0.2) is 0 Å². The number of nitrogens with one attached hydrogen (secondary N) is 1. The Kier molecular flexibility index (Phi) is 6.98. The first-order valence-corrected chi connectivity index (χ1v) is 7.63. The van der Waals surface area contributed by atoms with Crippen molar-refractivity contribution >= 4 is 21.8 Å². The number of hydrogen-bond acceptors (Lipinski definition) is 4. The van der Waals surface area contributed by atoms with Gasteiger partial charge in [0.1, 0.15) is 11.5 Å². The molecule has 0 radical (unpaired) electrons. The van der Waals surface area contributed by atoms with Crippen LogP contribution in [-0.2, 0) is 11.2 Å². The molecule has 0 spiro atoms. The minimum absolute atomic E-state index is 0.118. The van der Waals surface area contributed by atoms with E-state index < -0.39 is 6.04 Å². The first-order chi connectivity index (χ1) is 9.90. The molecular formula is C15H23BrN2O3.